The maximum atomic E-state index is 12.7. The Balaban J connectivity index is 1.82. The molecule has 0 spiro atoms. The fourth-order valence-corrected chi connectivity index (χ4v) is 3.00. The Kier molecular flexibility index (Phi) is 4.30. The van der Waals surface area contributed by atoms with Crippen LogP contribution >= 0.6 is 0 Å². The first-order chi connectivity index (χ1) is 11.4. The minimum absolute atomic E-state index is 0.0413. The van der Waals surface area contributed by atoms with Crippen LogP contribution in [0.5, 0.6) is 0 Å². The van der Waals surface area contributed by atoms with Crippen LogP contribution in [0.4, 0.5) is 13.2 Å². The average molecular weight is 334 g/mol. The Bertz CT molecular complexity index is 723. The maximum absolute atomic E-state index is 12.7. The van der Waals surface area contributed by atoms with Gasteiger partial charge in [-0.2, -0.15) is 13.2 Å². The van der Waals surface area contributed by atoms with Gasteiger partial charge in [-0.1, -0.05) is 29.8 Å². The van der Waals surface area contributed by atoms with Crippen molar-refractivity contribution in [1.29, 1.82) is 0 Å². The Morgan fingerprint density at radius 2 is 1.88 bits per heavy atom. The second kappa shape index (κ2) is 6.26. The Morgan fingerprint density at radius 1 is 1.17 bits per heavy atom. The van der Waals surface area contributed by atoms with Crippen molar-refractivity contribution in [2.45, 2.75) is 32.0 Å². The number of rotatable bonds is 2. The van der Waals surface area contributed by atoms with Crippen molar-refractivity contribution in [3.05, 3.63) is 65.0 Å². The van der Waals surface area contributed by atoms with Gasteiger partial charge in [0.2, 0.25) is 0 Å². The SMILES string of the molecule is Cc1ccc(C2CCCN2C(=O)c2ccc(C(F)(F)F)nc2)cc1. The summed E-state index contributed by atoms with van der Waals surface area (Å²) >= 11 is 0. The molecule has 24 heavy (non-hydrogen) atoms. The number of carbonyl (C=O) groups excluding carboxylic acids is 1. The zero-order valence-corrected chi connectivity index (χ0v) is 13.2. The van der Waals surface area contributed by atoms with Gasteiger partial charge in [-0.25, -0.2) is 0 Å². The molecular formula is C18H17F3N2O. The van der Waals surface area contributed by atoms with E-state index < -0.39 is 11.9 Å². The van der Waals surface area contributed by atoms with E-state index in [1.807, 2.05) is 31.2 Å². The van der Waals surface area contributed by atoms with E-state index in [0.717, 1.165) is 36.2 Å². The normalized spacial score (nSPS) is 18.0. The van der Waals surface area contributed by atoms with Crippen LogP contribution in [0.25, 0.3) is 0 Å². The summed E-state index contributed by atoms with van der Waals surface area (Å²) in [6, 6.07) is 9.99. The molecule has 1 aliphatic heterocycles. The standard InChI is InChI=1S/C18H17F3N2O/c1-12-4-6-13(7-5-12)15-3-2-10-23(15)17(24)14-8-9-16(22-11-14)18(19,20)21/h4-9,11,15H,2-3,10H2,1H3. The number of halogens is 3. The van der Waals surface area contributed by atoms with E-state index in [4.69, 9.17) is 0 Å². The summed E-state index contributed by atoms with van der Waals surface area (Å²) in [5, 5.41) is 0. The van der Waals surface area contributed by atoms with Gasteiger partial charge in [-0.3, -0.25) is 9.78 Å². The lowest BCUT2D eigenvalue weighted by Crippen LogP contribution is -2.30. The zero-order valence-electron chi connectivity index (χ0n) is 13.2. The fourth-order valence-electron chi connectivity index (χ4n) is 3.00. The van der Waals surface area contributed by atoms with Crippen molar-refractivity contribution in [3.8, 4) is 0 Å². The highest BCUT2D eigenvalue weighted by molar-refractivity contribution is 5.94. The van der Waals surface area contributed by atoms with Crippen LogP contribution < -0.4 is 0 Å². The summed E-state index contributed by atoms with van der Waals surface area (Å²) in [7, 11) is 0. The van der Waals surface area contributed by atoms with Crippen LogP contribution in [-0.2, 0) is 6.18 Å². The van der Waals surface area contributed by atoms with Crippen molar-refractivity contribution < 1.29 is 18.0 Å². The van der Waals surface area contributed by atoms with Gasteiger partial charge >= 0.3 is 6.18 Å². The van der Waals surface area contributed by atoms with Crippen molar-refractivity contribution in [2.75, 3.05) is 6.54 Å². The smallest absolute Gasteiger partial charge is 0.332 e. The summed E-state index contributed by atoms with van der Waals surface area (Å²) in [6.45, 7) is 2.59. The minimum Gasteiger partial charge on any atom is -0.332 e. The van der Waals surface area contributed by atoms with E-state index in [0.29, 0.717) is 6.54 Å². The number of alkyl halides is 3. The third-order valence-corrected chi connectivity index (χ3v) is 4.28. The molecule has 0 saturated carbocycles. The molecule has 1 atom stereocenters. The number of likely N-dealkylation sites (tertiary alicyclic amines) is 1. The molecule has 2 heterocycles. The van der Waals surface area contributed by atoms with Crippen molar-refractivity contribution in [3.63, 3.8) is 0 Å². The van der Waals surface area contributed by atoms with Crippen LogP contribution in [0.2, 0.25) is 0 Å². The molecule has 1 unspecified atom stereocenters. The minimum atomic E-state index is -4.50. The van der Waals surface area contributed by atoms with Crippen LogP contribution in [-0.4, -0.2) is 22.3 Å². The number of hydrogen-bond donors (Lipinski definition) is 0. The molecule has 0 bridgehead atoms. The first-order valence-corrected chi connectivity index (χ1v) is 7.77. The van der Waals surface area contributed by atoms with Crippen molar-refractivity contribution in [2.24, 2.45) is 0 Å². The lowest BCUT2D eigenvalue weighted by molar-refractivity contribution is -0.141. The van der Waals surface area contributed by atoms with Gasteiger partial charge < -0.3 is 4.90 Å². The molecule has 0 radical (unpaired) electrons. The number of aromatic nitrogens is 1. The summed E-state index contributed by atoms with van der Waals surface area (Å²) in [5.74, 6) is -0.278. The lowest BCUT2D eigenvalue weighted by atomic mass is 10.0. The largest absolute Gasteiger partial charge is 0.433 e. The number of pyridine rings is 1. The van der Waals surface area contributed by atoms with Crippen LogP contribution in [0.15, 0.2) is 42.6 Å². The van der Waals surface area contributed by atoms with E-state index in [9.17, 15) is 18.0 Å². The first-order valence-electron chi connectivity index (χ1n) is 7.77. The third-order valence-electron chi connectivity index (χ3n) is 4.28. The number of hydrogen-bond acceptors (Lipinski definition) is 2. The predicted octanol–water partition coefficient (Wildman–Crippen LogP) is 4.39. The summed E-state index contributed by atoms with van der Waals surface area (Å²) < 4.78 is 37.7. The molecule has 3 rings (SSSR count). The lowest BCUT2D eigenvalue weighted by Gasteiger charge is -2.25. The summed E-state index contributed by atoms with van der Waals surface area (Å²) in [4.78, 5) is 17.8. The molecule has 1 fully saturated rings. The Labute approximate surface area is 138 Å². The molecule has 1 aromatic carbocycles. The van der Waals surface area contributed by atoms with Crippen LogP contribution in [0, 0.1) is 6.92 Å². The molecule has 0 N–H and O–H groups in total. The molecule has 1 aromatic heterocycles. The van der Waals surface area contributed by atoms with Crippen LogP contribution in [0.1, 0.15) is 46.1 Å². The van der Waals surface area contributed by atoms with Gasteiger partial charge in [0, 0.05) is 12.7 Å². The molecule has 126 valence electrons. The predicted molar refractivity (Wildman–Crippen MR) is 83.4 cm³/mol. The quantitative estimate of drug-likeness (QED) is 0.816. The van der Waals surface area contributed by atoms with E-state index in [-0.39, 0.29) is 17.5 Å². The second-order valence-electron chi connectivity index (χ2n) is 6.00. The number of amides is 1. The number of nitrogens with zero attached hydrogens (tertiary/aromatic N) is 2. The molecular weight excluding hydrogens is 317 g/mol. The highest BCUT2D eigenvalue weighted by Crippen LogP contribution is 2.33. The number of aryl methyl sites for hydroxylation is 1. The molecule has 6 heteroatoms. The summed E-state index contributed by atoms with van der Waals surface area (Å²) in [6.07, 6.45) is -1.77. The number of carbonyl (C=O) groups is 1. The molecule has 1 saturated heterocycles. The molecule has 1 amide bonds. The van der Waals surface area contributed by atoms with Crippen molar-refractivity contribution >= 4 is 5.91 Å². The van der Waals surface area contributed by atoms with Gasteiger partial charge in [0.05, 0.1) is 11.6 Å². The monoisotopic (exact) mass is 334 g/mol. The fraction of sp³-hybridized carbons (Fsp3) is 0.333. The van der Waals surface area contributed by atoms with Gasteiger partial charge in [0.1, 0.15) is 5.69 Å². The molecule has 1 aliphatic rings. The Morgan fingerprint density at radius 3 is 2.46 bits per heavy atom. The molecule has 2 aromatic rings. The highest BCUT2D eigenvalue weighted by atomic mass is 19.4. The number of benzene rings is 1. The molecule has 0 aliphatic carbocycles. The van der Waals surface area contributed by atoms with Crippen LogP contribution in [0.3, 0.4) is 0 Å². The van der Waals surface area contributed by atoms with E-state index in [1.165, 1.54) is 6.07 Å². The third kappa shape index (κ3) is 3.27. The van der Waals surface area contributed by atoms with Gasteiger partial charge in [-0.05, 0) is 37.5 Å². The van der Waals surface area contributed by atoms with E-state index >= 15 is 0 Å². The second-order valence-corrected chi connectivity index (χ2v) is 6.00. The van der Waals surface area contributed by atoms with E-state index in [1.54, 1.807) is 4.90 Å². The van der Waals surface area contributed by atoms with Gasteiger partial charge in [0.25, 0.3) is 5.91 Å². The molecule has 3 nitrogen and oxygen atoms in total. The van der Waals surface area contributed by atoms with Gasteiger partial charge in [0.15, 0.2) is 0 Å². The average Bonchev–Trinajstić information content (AvgIpc) is 3.04. The maximum Gasteiger partial charge on any atom is 0.433 e. The topological polar surface area (TPSA) is 33.2 Å². The highest BCUT2D eigenvalue weighted by Gasteiger charge is 2.34. The zero-order chi connectivity index (χ0) is 17.3. The van der Waals surface area contributed by atoms with Crippen molar-refractivity contribution in [1.82, 2.24) is 9.88 Å². The van der Waals surface area contributed by atoms with E-state index in [2.05, 4.69) is 4.98 Å². The van der Waals surface area contributed by atoms with Gasteiger partial charge in [-0.15, -0.1) is 0 Å². The first kappa shape index (κ1) is 16.5. The Hall–Kier alpha value is -2.37. The summed E-state index contributed by atoms with van der Waals surface area (Å²) in [5.41, 5.74) is 1.38.